The predicted molar refractivity (Wildman–Crippen MR) is 71.2 cm³/mol. The lowest BCUT2D eigenvalue weighted by atomic mass is 9.93. The smallest absolute Gasteiger partial charge is 0.124 e. The zero-order valence-electron chi connectivity index (χ0n) is 9.39. The van der Waals surface area contributed by atoms with E-state index in [1.807, 2.05) is 18.8 Å². The van der Waals surface area contributed by atoms with Crippen molar-refractivity contribution < 1.29 is 4.39 Å². The molecule has 0 radical (unpaired) electrons. The Hall–Kier alpha value is -0.0600. The molecular weight excluding hydrogens is 289 g/mol. The molecule has 2 unspecified atom stereocenters. The number of benzene rings is 1. The fourth-order valence-electron chi connectivity index (χ4n) is 2.24. The van der Waals surface area contributed by atoms with Crippen LogP contribution in [0.1, 0.15) is 24.1 Å². The van der Waals surface area contributed by atoms with E-state index in [4.69, 9.17) is 0 Å². The number of hydrogen-bond donors (Lipinski definition) is 1. The van der Waals surface area contributed by atoms with Crippen molar-refractivity contribution >= 4 is 27.7 Å². The SMILES string of the molecule is CNC1c2cc(F)cc(Br)c2CSCC1C. The minimum atomic E-state index is -0.162. The molecule has 0 aromatic heterocycles. The van der Waals surface area contributed by atoms with Gasteiger partial charge in [0.15, 0.2) is 0 Å². The molecule has 0 fully saturated rings. The van der Waals surface area contributed by atoms with Crippen LogP contribution < -0.4 is 5.32 Å². The quantitative estimate of drug-likeness (QED) is 0.848. The molecular formula is C12H15BrFNS. The summed E-state index contributed by atoms with van der Waals surface area (Å²) in [5, 5.41) is 3.30. The maximum Gasteiger partial charge on any atom is 0.124 e. The second kappa shape index (κ2) is 5.07. The lowest BCUT2D eigenvalue weighted by molar-refractivity contribution is 0.447. The van der Waals surface area contributed by atoms with Gasteiger partial charge >= 0.3 is 0 Å². The third-order valence-corrected chi connectivity index (χ3v) is 5.00. The van der Waals surface area contributed by atoms with Crippen LogP contribution in [0, 0.1) is 11.7 Å². The van der Waals surface area contributed by atoms with E-state index in [-0.39, 0.29) is 11.9 Å². The summed E-state index contributed by atoms with van der Waals surface area (Å²) in [5.41, 5.74) is 2.34. The Morgan fingerprint density at radius 2 is 2.25 bits per heavy atom. The number of halogens is 2. The minimum Gasteiger partial charge on any atom is -0.313 e. The van der Waals surface area contributed by atoms with Gasteiger partial charge in [0.05, 0.1) is 0 Å². The van der Waals surface area contributed by atoms with Gasteiger partial charge in [-0.05, 0) is 42.0 Å². The Balaban J connectivity index is 2.53. The van der Waals surface area contributed by atoms with Crippen LogP contribution in [0.5, 0.6) is 0 Å². The molecule has 16 heavy (non-hydrogen) atoms. The second-order valence-electron chi connectivity index (χ2n) is 4.21. The molecule has 1 aromatic carbocycles. The summed E-state index contributed by atoms with van der Waals surface area (Å²) >= 11 is 5.38. The first-order valence-electron chi connectivity index (χ1n) is 5.36. The van der Waals surface area contributed by atoms with Crippen molar-refractivity contribution in [2.75, 3.05) is 12.8 Å². The Kier molecular flexibility index (Phi) is 3.93. The summed E-state index contributed by atoms with van der Waals surface area (Å²) in [6.45, 7) is 2.21. The molecule has 88 valence electrons. The Morgan fingerprint density at radius 1 is 1.50 bits per heavy atom. The number of fused-ring (bicyclic) bond motifs is 1. The normalized spacial score (nSPS) is 25.0. The van der Waals surface area contributed by atoms with Gasteiger partial charge in [-0.1, -0.05) is 22.9 Å². The molecule has 0 amide bonds. The average molecular weight is 304 g/mol. The first kappa shape index (κ1) is 12.4. The summed E-state index contributed by atoms with van der Waals surface area (Å²) in [6.07, 6.45) is 0. The van der Waals surface area contributed by atoms with Crippen molar-refractivity contribution in [3.05, 3.63) is 33.5 Å². The number of thioether (sulfide) groups is 1. The fraction of sp³-hybridized carbons (Fsp3) is 0.500. The molecule has 1 heterocycles. The second-order valence-corrected chi connectivity index (χ2v) is 6.10. The van der Waals surface area contributed by atoms with Crippen LogP contribution >= 0.6 is 27.7 Å². The van der Waals surface area contributed by atoms with Gasteiger partial charge in [-0.2, -0.15) is 11.8 Å². The lowest BCUT2D eigenvalue weighted by Crippen LogP contribution is -2.24. The summed E-state index contributed by atoms with van der Waals surface area (Å²) in [5.74, 6) is 2.42. The monoisotopic (exact) mass is 303 g/mol. The first-order chi connectivity index (χ1) is 7.63. The van der Waals surface area contributed by atoms with E-state index in [0.29, 0.717) is 5.92 Å². The Labute approximate surface area is 108 Å². The van der Waals surface area contributed by atoms with Crippen LogP contribution in [0.25, 0.3) is 0 Å². The largest absolute Gasteiger partial charge is 0.313 e. The lowest BCUT2D eigenvalue weighted by Gasteiger charge is -2.23. The van der Waals surface area contributed by atoms with Gasteiger partial charge in [0.1, 0.15) is 5.82 Å². The van der Waals surface area contributed by atoms with Crippen LogP contribution in [0.15, 0.2) is 16.6 Å². The first-order valence-corrected chi connectivity index (χ1v) is 7.31. The third kappa shape index (κ3) is 2.29. The predicted octanol–water partition coefficient (Wildman–Crippen LogP) is 3.73. The summed E-state index contributed by atoms with van der Waals surface area (Å²) in [4.78, 5) is 0. The molecule has 1 N–H and O–H groups in total. The van der Waals surface area contributed by atoms with Crippen molar-refractivity contribution in [1.29, 1.82) is 0 Å². The molecule has 1 aliphatic rings. The zero-order chi connectivity index (χ0) is 11.7. The van der Waals surface area contributed by atoms with E-state index in [9.17, 15) is 4.39 Å². The fourth-order valence-corrected chi connectivity index (χ4v) is 4.22. The maximum atomic E-state index is 13.5. The highest BCUT2D eigenvalue weighted by atomic mass is 79.9. The highest BCUT2D eigenvalue weighted by Gasteiger charge is 2.25. The van der Waals surface area contributed by atoms with Gasteiger partial charge in [0.25, 0.3) is 0 Å². The van der Waals surface area contributed by atoms with Gasteiger partial charge in [-0.15, -0.1) is 0 Å². The van der Waals surface area contributed by atoms with Gasteiger partial charge in [-0.25, -0.2) is 4.39 Å². The van der Waals surface area contributed by atoms with Crippen molar-refractivity contribution in [1.82, 2.24) is 5.32 Å². The van der Waals surface area contributed by atoms with Crippen molar-refractivity contribution in [3.63, 3.8) is 0 Å². The Morgan fingerprint density at radius 3 is 2.94 bits per heavy atom. The van der Waals surface area contributed by atoms with Gasteiger partial charge in [-0.3, -0.25) is 0 Å². The maximum absolute atomic E-state index is 13.5. The standard InChI is InChI=1S/C12H15BrFNS/c1-7-5-16-6-10-9(12(7)15-2)3-8(14)4-11(10)13/h3-4,7,12,15H,5-6H2,1-2H3. The molecule has 0 spiro atoms. The van der Waals surface area contributed by atoms with E-state index in [1.165, 1.54) is 5.56 Å². The minimum absolute atomic E-state index is 0.162. The molecule has 1 aromatic rings. The van der Waals surface area contributed by atoms with Crippen molar-refractivity contribution in [2.45, 2.75) is 18.7 Å². The molecule has 1 aliphatic heterocycles. The van der Waals surface area contributed by atoms with Crippen LogP contribution in [-0.2, 0) is 5.75 Å². The van der Waals surface area contributed by atoms with Crippen LogP contribution in [-0.4, -0.2) is 12.8 Å². The van der Waals surface area contributed by atoms with Gasteiger partial charge in [0, 0.05) is 16.3 Å². The zero-order valence-corrected chi connectivity index (χ0v) is 11.8. The summed E-state index contributed by atoms with van der Waals surface area (Å²) < 4.78 is 14.4. The Bertz CT molecular complexity index is 397. The van der Waals surface area contributed by atoms with Gasteiger partial charge in [0.2, 0.25) is 0 Å². The summed E-state index contributed by atoms with van der Waals surface area (Å²) in [7, 11) is 1.94. The van der Waals surface area contributed by atoms with Crippen LogP contribution in [0.3, 0.4) is 0 Å². The summed E-state index contributed by atoms with van der Waals surface area (Å²) in [6, 6.07) is 3.48. The third-order valence-electron chi connectivity index (χ3n) is 3.04. The number of rotatable bonds is 1. The highest BCUT2D eigenvalue weighted by Crippen LogP contribution is 2.37. The van der Waals surface area contributed by atoms with Crippen LogP contribution in [0.2, 0.25) is 0 Å². The van der Waals surface area contributed by atoms with Crippen LogP contribution in [0.4, 0.5) is 4.39 Å². The molecule has 0 saturated carbocycles. The number of nitrogens with one attached hydrogen (secondary N) is 1. The molecule has 0 bridgehead atoms. The average Bonchev–Trinajstić information content (AvgIpc) is 2.37. The van der Waals surface area contributed by atoms with Crippen molar-refractivity contribution in [3.8, 4) is 0 Å². The molecule has 1 nitrogen and oxygen atoms in total. The molecule has 0 saturated heterocycles. The van der Waals surface area contributed by atoms with E-state index in [1.54, 1.807) is 12.1 Å². The van der Waals surface area contributed by atoms with E-state index < -0.39 is 0 Å². The topological polar surface area (TPSA) is 12.0 Å². The van der Waals surface area contributed by atoms with E-state index in [0.717, 1.165) is 21.5 Å². The molecule has 0 aliphatic carbocycles. The molecule has 2 atom stereocenters. The van der Waals surface area contributed by atoms with Crippen molar-refractivity contribution in [2.24, 2.45) is 5.92 Å². The highest BCUT2D eigenvalue weighted by molar-refractivity contribution is 9.10. The molecule has 2 rings (SSSR count). The van der Waals surface area contributed by atoms with E-state index in [2.05, 4.69) is 28.2 Å². The van der Waals surface area contributed by atoms with E-state index >= 15 is 0 Å². The molecule has 4 heteroatoms. The number of hydrogen-bond acceptors (Lipinski definition) is 2. The van der Waals surface area contributed by atoms with Gasteiger partial charge < -0.3 is 5.32 Å².